The van der Waals surface area contributed by atoms with Gasteiger partial charge >= 0.3 is 11.9 Å². The van der Waals surface area contributed by atoms with Crippen molar-refractivity contribution in [2.75, 3.05) is 46.8 Å². The van der Waals surface area contributed by atoms with Crippen LogP contribution in [0.5, 0.6) is 0 Å². The molecule has 0 N–H and O–H groups in total. The van der Waals surface area contributed by atoms with E-state index in [2.05, 4.69) is 13.5 Å². The van der Waals surface area contributed by atoms with Crippen molar-refractivity contribution >= 4 is 11.9 Å². The molecule has 1 heterocycles. The monoisotopic (exact) mass is 453 g/mol. The van der Waals surface area contributed by atoms with Crippen molar-refractivity contribution in [3.05, 3.63) is 12.2 Å². The van der Waals surface area contributed by atoms with Crippen LogP contribution in [-0.2, 0) is 28.5 Å². The summed E-state index contributed by atoms with van der Waals surface area (Å²) in [5.41, 5.74) is 1.43. The van der Waals surface area contributed by atoms with Crippen LogP contribution in [0.1, 0.15) is 59.8 Å². The smallest absolute Gasteiger partial charge is 0.320 e. The molecule has 7 heteroatoms. The number of ether oxygens (including phenoxy) is 4. The zero-order chi connectivity index (χ0) is 23.7. The van der Waals surface area contributed by atoms with E-state index >= 15 is 0 Å². The van der Waals surface area contributed by atoms with Crippen LogP contribution in [0.3, 0.4) is 0 Å². The SMILES string of the molecule is C=C1CCC2C3COCOC3CCC2(C)C1CCN(CC(=O)OC)CC(=O)OCC.CC. The zero-order valence-electron chi connectivity index (χ0n) is 20.7. The molecule has 5 unspecified atom stereocenters. The largest absolute Gasteiger partial charge is 0.468 e. The maximum atomic E-state index is 12.0. The molecular weight excluding hydrogens is 410 g/mol. The van der Waals surface area contributed by atoms with Crippen LogP contribution >= 0.6 is 0 Å². The van der Waals surface area contributed by atoms with E-state index in [9.17, 15) is 9.59 Å². The Kier molecular flexibility index (Phi) is 10.6. The van der Waals surface area contributed by atoms with Crippen LogP contribution in [0.2, 0.25) is 0 Å². The number of carbonyl (C=O) groups is 2. The van der Waals surface area contributed by atoms with Crippen molar-refractivity contribution in [1.82, 2.24) is 4.90 Å². The summed E-state index contributed by atoms with van der Waals surface area (Å²) in [4.78, 5) is 25.7. The predicted molar refractivity (Wildman–Crippen MR) is 123 cm³/mol. The molecule has 0 spiro atoms. The van der Waals surface area contributed by atoms with Crippen molar-refractivity contribution in [3.8, 4) is 0 Å². The highest BCUT2D eigenvalue weighted by Crippen LogP contribution is 2.58. The molecule has 0 radical (unpaired) electrons. The van der Waals surface area contributed by atoms with Gasteiger partial charge in [0.05, 0.1) is 39.5 Å². The van der Waals surface area contributed by atoms with E-state index < -0.39 is 0 Å². The van der Waals surface area contributed by atoms with Crippen molar-refractivity contribution in [2.45, 2.75) is 65.9 Å². The number of methoxy groups -OCH3 is 1. The molecule has 3 fully saturated rings. The zero-order valence-corrected chi connectivity index (χ0v) is 20.7. The fraction of sp³-hybridized carbons (Fsp3) is 0.840. The van der Waals surface area contributed by atoms with Crippen LogP contribution < -0.4 is 0 Å². The first-order chi connectivity index (χ1) is 15.4. The van der Waals surface area contributed by atoms with Gasteiger partial charge in [0, 0.05) is 5.92 Å². The average molecular weight is 454 g/mol. The van der Waals surface area contributed by atoms with Crippen molar-refractivity contribution in [1.29, 1.82) is 0 Å². The third-order valence-corrected chi connectivity index (χ3v) is 7.52. The highest BCUT2D eigenvalue weighted by Gasteiger charge is 2.53. The minimum absolute atomic E-state index is 0.0844. The Labute approximate surface area is 193 Å². The van der Waals surface area contributed by atoms with Crippen LogP contribution in [0, 0.1) is 23.2 Å². The number of nitrogens with zero attached hydrogens (tertiary/aromatic N) is 1. The van der Waals surface area contributed by atoms with E-state index in [1.807, 2.05) is 18.7 Å². The van der Waals surface area contributed by atoms with E-state index in [4.69, 9.17) is 18.9 Å². The molecule has 2 saturated carbocycles. The fourth-order valence-electron chi connectivity index (χ4n) is 6.00. The molecule has 1 aliphatic heterocycles. The average Bonchev–Trinajstić information content (AvgIpc) is 2.79. The fourth-order valence-corrected chi connectivity index (χ4v) is 6.00. The maximum Gasteiger partial charge on any atom is 0.320 e. The van der Waals surface area contributed by atoms with Gasteiger partial charge in [-0.25, -0.2) is 0 Å². The molecule has 7 nitrogen and oxygen atoms in total. The number of esters is 2. The van der Waals surface area contributed by atoms with Gasteiger partial charge in [0.15, 0.2) is 0 Å². The topological polar surface area (TPSA) is 74.3 Å². The van der Waals surface area contributed by atoms with Gasteiger partial charge < -0.3 is 18.9 Å². The highest BCUT2D eigenvalue weighted by molar-refractivity contribution is 5.74. The summed E-state index contributed by atoms with van der Waals surface area (Å²) in [6.45, 7) is 14.9. The number of hydrogen-bond donors (Lipinski definition) is 0. The third kappa shape index (κ3) is 6.33. The highest BCUT2D eigenvalue weighted by atomic mass is 16.7. The molecule has 0 amide bonds. The van der Waals surface area contributed by atoms with Gasteiger partial charge in [-0.15, -0.1) is 0 Å². The van der Waals surface area contributed by atoms with Crippen LogP contribution in [0.15, 0.2) is 12.2 Å². The minimum Gasteiger partial charge on any atom is -0.468 e. The molecule has 0 aromatic rings. The van der Waals surface area contributed by atoms with E-state index in [1.165, 1.54) is 12.7 Å². The lowest BCUT2D eigenvalue weighted by atomic mass is 9.50. The predicted octanol–water partition coefficient (Wildman–Crippen LogP) is 3.81. The summed E-state index contributed by atoms with van der Waals surface area (Å²) in [7, 11) is 1.37. The summed E-state index contributed by atoms with van der Waals surface area (Å²) >= 11 is 0. The molecule has 1 saturated heterocycles. The van der Waals surface area contributed by atoms with Crippen LogP contribution in [0.25, 0.3) is 0 Å². The molecule has 0 aromatic heterocycles. The second-order valence-electron chi connectivity index (χ2n) is 9.14. The van der Waals surface area contributed by atoms with Gasteiger partial charge in [-0.05, 0) is 62.8 Å². The quantitative estimate of drug-likeness (QED) is 0.409. The Morgan fingerprint density at radius 2 is 1.94 bits per heavy atom. The van der Waals surface area contributed by atoms with Gasteiger partial charge in [-0.2, -0.15) is 0 Å². The van der Waals surface area contributed by atoms with Crippen molar-refractivity contribution < 1.29 is 28.5 Å². The van der Waals surface area contributed by atoms with Crippen LogP contribution in [-0.4, -0.2) is 69.7 Å². The van der Waals surface area contributed by atoms with Gasteiger partial charge in [0.2, 0.25) is 0 Å². The Hall–Kier alpha value is -1.44. The van der Waals surface area contributed by atoms with Crippen LogP contribution in [0.4, 0.5) is 0 Å². The first-order valence-corrected chi connectivity index (χ1v) is 12.2. The number of carbonyl (C=O) groups excluding carboxylic acids is 2. The van der Waals surface area contributed by atoms with Gasteiger partial charge in [0.25, 0.3) is 0 Å². The minimum atomic E-state index is -0.345. The summed E-state index contributed by atoms with van der Waals surface area (Å²) in [5, 5.41) is 0. The number of fused-ring (bicyclic) bond motifs is 3. The molecule has 32 heavy (non-hydrogen) atoms. The molecule has 2 aliphatic carbocycles. The second kappa shape index (κ2) is 12.7. The van der Waals surface area contributed by atoms with E-state index in [1.54, 1.807) is 6.92 Å². The van der Waals surface area contributed by atoms with Gasteiger partial charge in [-0.1, -0.05) is 32.9 Å². The Balaban J connectivity index is 0.00000176. The molecular formula is C25H43NO6. The Morgan fingerprint density at radius 1 is 1.22 bits per heavy atom. The summed E-state index contributed by atoms with van der Waals surface area (Å²) in [6, 6.07) is 0. The lowest BCUT2D eigenvalue weighted by Crippen LogP contribution is -2.54. The van der Waals surface area contributed by atoms with Crippen molar-refractivity contribution in [2.24, 2.45) is 23.2 Å². The summed E-state index contributed by atoms with van der Waals surface area (Å²) in [5.74, 6) is 0.680. The normalized spacial score (nSPS) is 31.6. The molecule has 0 bridgehead atoms. The maximum absolute atomic E-state index is 12.0. The van der Waals surface area contributed by atoms with Gasteiger partial charge in [-0.3, -0.25) is 14.5 Å². The van der Waals surface area contributed by atoms with E-state index in [0.717, 1.165) is 38.7 Å². The third-order valence-electron chi connectivity index (χ3n) is 7.52. The van der Waals surface area contributed by atoms with Gasteiger partial charge in [0.1, 0.15) is 6.79 Å². The number of rotatable bonds is 8. The molecule has 5 atom stereocenters. The van der Waals surface area contributed by atoms with E-state index in [0.29, 0.717) is 43.8 Å². The lowest BCUT2D eigenvalue weighted by molar-refractivity contribution is -0.218. The van der Waals surface area contributed by atoms with E-state index in [-0.39, 0.29) is 30.4 Å². The number of allylic oxidation sites excluding steroid dienone is 1. The first kappa shape index (κ1) is 26.8. The number of hydrogen-bond acceptors (Lipinski definition) is 7. The Morgan fingerprint density at radius 3 is 2.62 bits per heavy atom. The second-order valence-corrected chi connectivity index (χ2v) is 9.14. The first-order valence-electron chi connectivity index (χ1n) is 12.2. The molecule has 0 aromatic carbocycles. The lowest BCUT2D eigenvalue weighted by Gasteiger charge is -2.57. The molecule has 3 rings (SSSR count). The summed E-state index contributed by atoms with van der Waals surface area (Å²) in [6.07, 6.45) is 5.49. The standard InChI is InChI=1S/C23H37NO6.C2H6/c1-5-29-22(26)13-24(12-21(25)27-4)11-9-18-16(2)6-7-19-17-14-28-15-30-20(17)8-10-23(18,19)3;1-2/h17-20H,2,5-15H2,1,3-4H3;1-2H3. The summed E-state index contributed by atoms with van der Waals surface area (Å²) < 4.78 is 21.5. The molecule has 3 aliphatic rings. The Bertz CT molecular complexity index is 638. The molecule has 184 valence electrons. The van der Waals surface area contributed by atoms with Crippen molar-refractivity contribution in [3.63, 3.8) is 0 Å².